The Balaban J connectivity index is 1.18. The number of rotatable bonds is 6. The van der Waals surface area contributed by atoms with Crippen LogP contribution in [0.5, 0.6) is 0 Å². The number of aromatic nitrogens is 2. The van der Waals surface area contributed by atoms with Gasteiger partial charge in [0.25, 0.3) is 0 Å². The van der Waals surface area contributed by atoms with Crippen molar-refractivity contribution in [3.8, 4) is 0 Å². The lowest BCUT2D eigenvalue weighted by Gasteiger charge is -2.37. The highest BCUT2D eigenvalue weighted by atomic mass is 16.2. The molecule has 31 heavy (non-hydrogen) atoms. The normalized spacial score (nSPS) is 17.7. The van der Waals surface area contributed by atoms with Gasteiger partial charge in [0.15, 0.2) is 0 Å². The minimum Gasteiger partial charge on any atom is -0.369 e. The molecule has 4 rings (SSSR count). The largest absolute Gasteiger partial charge is 0.369 e. The molecule has 0 spiro atoms. The monoisotopic (exact) mass is 423 g/mol. The van der Waals surface area contributed by atoms with Gasteiger partial charge in [0.1, 0.15) is 6.54 Å². The number of nitrogens with one attached hydrogen (secondary N) is 1. The van der Waals surface area contributed by atoms with E-state index in [-0.39, 0.29) is 5.91 Å². The molecule has 168 valence electrons. The Morgan fingerprint density at radius 1 is 1.03 bits per heavy atom. The molecule has 6 nitrogen and oxygen atoms in total. The maximum absolute atomic E-state index is 12.4. The van der Waals surface area contributed by atoms with Crippen LogP contribution in [0.4, 0.5) is 5.69 Å². The second-order valence-corrected chi connectivity index (χ2v) is 9.11. The lowest BCUT2D eigenvalue weighted by atomic mass is 9.99. The lowest BCUT2D eigenvalue weighted by molar-refractivity contribution is -0.121. The van der Waals surface area contributed by atoms with Gasteiger partial charge in [-0.05, 0) is 62.3 Å². The van der Waals surface area contributed by atoms with Gasteiger partial charge in [0.05, 0.1) is 5.69 Å². The molecule has 1 saturated heterocycles. The third-order valence-corrected chi connectivity index (χ3v) is 6.88. The lowest BCUT2D eigenvalue weighted by Crippen LogP contribution is -2.48. The van der Waals surface area contributed by atoms with Crippen molar-refractivity contribution in [1.82, 2.24) is 20.0 Å². The van der Waals surface area contributed by atoms with Crippen LogP contribution in [-0.4, -0.2) is 59.9 Å². The molecule has 2 heterocycles. The Morgan fingerprint density at radius 2 is 1.81 bits per heavy atom. The van der Waals surface area contributed by atoms with Gasteiger partial charge in [0, 0.05) is 51.2 Å². The van der Waals surface area contributed by atoms with E-state index in [1.165, 1.54) is 53.8 Å². The molecule has 0 unspecified atom stereocenters. The smallest absolute Gasteiger partial charge is 0.241 e. The highest BCUT2D eigenvalue weighted by Gasteiger charge is 2.19. The number of amides is 1. The van der Waals surface area contributed by atoms with E-state index in [9.17, 15) is 4.79 Å². The van der Waals surface area contributed by atoms with Gasteiger partial charge < -0.3 is 10.2 Å². The Kier molecular flexibility index (Phi) is 7.28. The molecule has 1 amide bonds. The van der Waals surface area contributed by atoms with Gasteiger partial charge >= 0.3 is 0 Å². The molecule has 1 aliphatic heterocycles. The summed E-state index contributed by atoms with van der Waals surface area (Å²) in [5.74, 6) is 0.0597. The summed E-state index contributed by atoms with van der Waals surface area (Å²) in [5, 5.41) is 7.77. The van der Waals surface area contributed by atoms with Crippen molar-refractivity contribution >= 4 is 11.6 Å². The number of fused-ring (bicyclic) bond motifs is 1. The molecule has 0 bridgehead atoms. The first-order valence-corrected chi connectivity index (χ1v) is 12.0. The SMILES string of the molecule is Cc1cccc(N2CCN(CCNC(=O)Cn3cc4c(n3)CCCCCC4)CC2)c1C. The first-order chi connectivity index (χ1) is 15.1. The molecule has 0 atom stereocenters. The van der Waals surface area contributed by atoms with E-state index in [2.05, 4.69) is 58.5 Å². The standard InChI is InChI=1S/C25H37N5O/c1-20-8-7-11-24(21(20)2)29-16-14-28(15-17-29)13-12-26-25(31)19-30-18-22-9-5-3-4-6-10-23(22)27-30/h7-8,11,18H,3-6,9-10,12-17,19H2,1-2H3,(H,26,31). The highest BCUT2D eigenvalue weighted by molar-refractivity contribution is 5.75. The fourth-order valence-corrected chi connectivity index (χ4v) is 4.81. The van der Waals surface area contributed by atoms with E-state index in [4.69, 9.17) is 0 Å². The molecule has 1 N–H and O–H groups in total. The van der Waals surface area contributed by atoms with Crippen molar-refractivity contribution in [1.29, 1.82) is 0 Å². The summed E-state index contributed by atoms with van der Waals surface area (Å²) in [4.78, 5) is 17.3. The van der Waals surface area contributed by atoms with E-state index in [0.29, 0.717) is 13.1 Å². The minimum atomic E-state index is 0.0597. The molecule has 2 aliphatic rings. The third kappa shape index (κ3) is 5.67. The highest BCUT2D eigenvalue weighted by Crippen LogP contribution is 2.23. The molecule has 1 aromatic heterocycles. The van der Waals surface area contributed by atoms with E-state index in [1.54, 1.807) is 0 Å². The second kappa shape index (κ2) is 10.3. The maximum Gasteiger partial charge on any atom is 0.241 e. The first-order valence-electron chi connectivity index (χ1n) is 12.0. The Hall–Kier alpha value is -2.34. The molecule has 6 heteroatoms. The van der Waals surface area contributed by atoms with Gasteiger partial charge in [-0.15, -0.1) is 0 Å². The summed E-state index contributed by atoms with van der Waals surface area (Å²) >= 11 is 0. The molecule has 1 aromatic carbocycles. The van der Waals surface area contributed by atoms with Crippen LogP contribution >= 0.6 is 0 Å². The second-order valence-electron chi connectivity index (χ2n) is 9.11. The van der Waals surface area contributed by atoms with Gasteiger partial charge in [-0.3, -0.25) is 14.4 Å². The zero-order valence-corrected chi connectivity index (χ0v) is 19.2. The summed E-state index contributed by atoms with van der Waals surface area (Å²) in [6.45, 7) is 10.5. The van der Waals surface area contributed by atoms with E-state index in [0.717, 1.165) is 45.6 Å². The van der Waals surface area contributed by atoms with Crippen LogP contribution in [0, 0.1) is 13.8 Å². The Bertz CT molecular complexity index is 857. The number of hydrogen-bond acceptors (Lipinski definition) is 4. The van der Waals surface area contributed by atoms with Crippen LogP contribution in [0.3, 0.4) is 0 Å². The molecule has 0 radical (unpaired) electrons. The van der Waals surface area contributed by atoms with Gasteiger partial charge in [-0.1, -0.05) is 25.0 Å². The zero-order chi connectivity index (χ0) is 21.6. The average molecular weight is 424 g/mol. The predicted octanol–water partition coefficient (Wildman–Crippen LogP) is 3.10. The van der Waals surface area contributed by atoms with Crippen LogP contribution in [0.25, 0.3) is 0 Å². The van der Waals surface area contributed by atoms with Gasteiger partial charge in [0.2, 0.25) is 5.91 Å². The van der Waals surface area contributed by atoms with Crippen LogP contribution in [0.1, 0.15) is 48.1 Å². The average Bonchev–Trinajstić information content (AvgIpc) is 3.11. The maximum atomic E-state index is 12.4. The van der Waals surface area contributed by atoms with Crippen molar-refractivity contribution in [2.24, 2.45) is 0 Å². The molecule has 2 aromatic rings. The number of carbonyl (C=O) groups excluding carboxylic acids is 1. The molecular weight excluding hydrogens is 386 g/mol. The summed E-state index contributed by atoms with van der Waals surface area (Å²) in [5.41, 5.74) is 6.64. The van der Waals surface area contributed by atoms with E-state index < -0.39 is 0 Å². The number of anilines is 1. The minimum absolute atomic E-state index is 0.0597. The van der Waals surface area contributed by atoms with Gasteiger partial charge in [-0.25, -0.2) is 0 Å². The number of piperazine rings is 1. The van der Waals surface area contributed by atoms with Crippen LogP contribution < -0.4 is 10.2 Å². The Morgan fingerprint density at radius 3 is 2.61 bits per heavy atom. The summed E-state index contributed by atoms with van der Waals surface area (Å²) in [6.07, 6.45) is 9.31. The topological polar surface area (TPSA) is 53.4 Å². The number of carbonyl (C=O) groups is 1. The zero-order valence-electron chi connectivity index (χ0n) is 19.2. The van der Waals surface area contributed by atoms with Crippen molar-refractivity contribution in [3.63, 3.8) is 0 Å². The molecule has 0 saturated carbocycles. The van der Waals surface area contributed by atoms with E-state index in [1.807, 2.05) is 4.68 Å². The van der Waals surface area contributed by atoms with Crippen LogP contribution in [0.2, 0.25) is 0 Å². The molecule has 1 aliphatic carbocycles. The van der Waals surface area contributed by atoms with Gasteiger partial charge in [-0.2, -0.15) is 5.10 Å². The summed E-state index contributed by atoms with van der Waals surface area (Å²) < 4.78 is 1.84. The van der Waals surface area contributed by atoms with Crippen molar-refractivity contribution in [3.05, 3.63) is 46.8 Å². The summed E-state index contributed by atoms with van der Waals surface area (Å²) in [7, 11) is 0. The number of aryl methyl sites for hydroxylation is 3. The first kappa shape index (κ1) is 21.9. The third-order valence-electron chi connectivity index (χ3n) is 6.88. The van der Waals surface area contributed by atoms with Crippen molar-refractivity contribution in [2.45, 2.75) is 58.9 Å². The molecule has 1 fully saturated rings. The predicted molar refractivity (Wildman–Crippen MR) is 126 cm³/mol. The van der Waals surface area contributed by atoms with Crippen molar-refractivity contribution < 1.29 is 4.79 Å². The van der Waals surface area contributed by atoms with Crippen molar-refractivity contribution in [2.75, 3.05) is 44.2 Å². The fourth-order valence-electron chi connectivity index (χ4n) is 4.81. The number of benzene rings is 1. The number of nitrogens with zero attached hydrogens (tertiary/aromatic N) is 4. The summed E-state index contributed by atoms with van der Waals surface area (Å²) in [6, 6.07) is 6.56. The Labute approximate surface area is 186 Å². The quantitative estimate of drug-likeness (QED) is 0.776. The number of hydrogen-bond donors (Lipinski definition) is 1. The van der Waals surface area contributed by atoms with Crippen LogP contribution in [-0.2, 0) is 24.2 Å². The fraction of sp³-hybridized carbons (Fsp3) is 0.600. The van der Waals surface area contributed by atoms with E-state index >= 15 is 0 Å². The van der Waals surface area contributed by atoms with Crippen LogP contribution in [0.15, 0.2) is 24.4 Å². The molecular formula is C25H37N5O.